The van der Waals surface area contributed by atoms with Crippen LogP contribution in [0.3, 0.4) is 0 Å². The standard InChI is InChI=1S/C25H22ClNO/c1-17-4-2-3-5-24(17)27-25(28)20-9-6-18(7-10-20)14-19-8-11-22-16-23(26)13-12-21(22)15-19/h2-7,9-10,12-13,15-16H,8,11,14H2,1H3,(H,27,28). The zero-order valence-corrected chi connectivity index (χ0v) is 16.6. The molecule has 0 aliphatic heterocycles. The third kappa shape index (κ3) is 4.18. The van der Waals surface area contributed by atoms with Gasteiger partial charge in [0.25, 0.3) is 5.91 Å². The predicted molar refractivity (Wildman–Crippen MR) is 117 cm³/mol. The molecule has 0 spiro atoms. The molecule has 1 amide bonds. The molecular weight excluding hydrogens is 366 g/mol. The summed E-state index contributed by atoms with van der Waals surface area (Å²) in [6.45, 7) is 1.99. The summed E-state index contributed by atoms with van der Waals surface area (Å²) in [6, 6.07) is 21.8. The summed E-state index contributed by atoms with van der Waals surface area (Å²) in [5.41, 5.74) is 7.79. The lowest BCUT2D eigenvalue weighted by atomic mass is 9.89. The number of nitrogens with one attached hydrogen (secondary N) is 1. The summed E-state index contributed by atoms with van der Waals surface area (Å²) in [5, 5.41) is 3.78. The minimum absolute atomic E-state index is 0.0801. The van der Waals surface area contributed by atoms with Gasteiger partial charge < -0.3 is 5.32 Å². The zero-order valence-electron chi connectivity index (χ0n) is 15.8. The molecule has 0 fully saturated rings. The van der Waals surface area contributed by atoms with E-state index in [1.54, 1.807) is 0 Å². The third-order valence-corrected chi connectivity index (χ3v) is 5.46. The molecule has 0 saturated heterocycles. The van der Waals surface area contributed by atoms with Crippen molar-refractivity contribution in [1.29, 1.82) is 0 Å². The molecule has 3 aromatic carbocycles. The van der Waals surface area contributed by atoms with Crippen molar-refractivity contribution in [2.24, 2.45) is 0 Å². The van der Waals surface area contributed by atoms with Crippen molar-refractivity contribution in [3.8, 4) is 0 Å². The molecule has 3 heteroatoms. The molecule has 3 aromatic rings. The molecule has 0 radical (unpaired) electrons. The van der Waals surface area contributed by atoms with Crippen LogP contribution >= 0.6 is 11.6 Å². The lowest BCUT2D eigenvalue weighted by Gasteiger charge is -2.17. The summed E-state index contributed by atoms with van der Waals surface area (Å²) >= 11 is 6.09. The number of carbonyl (C=O) groups is 1. The molecular formula is C25H22ClNO. The number of amides is 1. The highest BCUT2D eigenvalue weighted by atomic mass is 35.5. The van der Waals surface area contributed by atoms with Crippen LogP contribution in [0.5, 0.6) is 0 Å². The van der Waals surface area contributed by atoms with Crippen molar-refractivity contribution < 1.29 is 4.79 Å². The van der Waals surface area contributed by atoms with E-state index in [9.17, 15) is 4.79 Å². The molecule has 0 atom stereocenters. The van der Waals surface area contributed by atoms with E-state index in [0.717, 1.165) is 35.5 Å². The number of benzene rings is 3. The van der Waals surface area contributed by atoms with Gasteiger partial charge in [-0.3, -0.25) is 4.79 Å². The number of aryl methyl sites for hydroxylation is 2. The lowest BCUT2D eigenvalue weighted by Crippen LogP contribution is -2.12. The van der Waals surface area contributed by atoms with Crippen LogP contribution in [0, 0.1) is 6.92 Å². The first-order valence-corrected chi connectivity index (χ1v) is 9.90. The average molecular weight is 388 g/mol. The zero-order chi connectivity index (χ0) is 19.5. The van der Waals surface area contributed by atoms with E-state index in [-0.39, 0.29) is 5.91 Å². The summed E-state index contributed by atoms with van der Waals surface area (Å²) < 4.78 is 0. The minimum atomic E-state index is -0.0801. The topological polar surface area (TPSA) is 29.1 Å². The molecule has 0 unspecified atom stereocenters. The quantitative estimate of drug-likeness (QED) is 0.545. The molecule has 0 heterocycles. The summed E-state index contributed by atoms with van der Waals surface area (Å²) in [5.74, 6) is -0.0801. The molecule has 1 aliphatic rings. The van der Waals surface area contributed by atoms with Gasteiger partial charge in [0.2, 0.25) is 0 Å². The highest BCUT2D eigenvalue weighted by Gasteiger charge is 2.12. The number of para-hydroxylation sites is 1. The number of hydrogen-bond acceptors (Lipinski definition) is 1. The molecule has 0 saturated carbocycles. The Morgan fingerprint density at radius 2 is 1.79 bits per heavy atom. The van der Waals surface area contributed by atoms with Crippen molar-refractivity contribution >= 4 is 29.3 Å². The molecule has 4 rings (SSSR count). The molecule has 0 aromatic heterocycles. The van der Waals surface area contributed by atoms with Crippen LogP contribution in [0.4, 0.5) is 5.69 Å². The number of rotatable bonds is 4. The Morgan fingerprint density at radius 3 is 2.57 bits per heavy atom. The van der Waals surface area contributed by atoms with E-state index in [0.29, 0.717) is 5.56 Å². The Bertz CT molecular complexity index is 1050. The fourth-order valence-corrected chi connectivity index (χ4v) is 3.80. The van der Waals surface area contributed by atoms with Gasteiger partial charge in [-0.2, -0.15) is 0 Å². The smallest absolute Gasteiger partial charge is 0.255 e. The van der Waals surface area contributed by atoms with Crippen molar-refractivity contribution in [3.05, 3.63) is 105 Å². The van der Waals surface area contributed by atoms with Gasteiger partial charge in [0, 0.05) is 16.3 Å². The Kier molecular flexibility index (Phi) is 5.31. The van der Waals surface area contributed by atoms with Gasteiger partial charge in [-0.05, 0) is 78.8 Å². The Balaban J connectivity index is 1.44. The number of hydrogen-bond donors (Lipinski definition) is 1. The Hall–Kier alpha value is -2.84. The molecule has 1 N–H and O–H groups in total. The lowest BCUT2D eigenvalue weighted by molar-refractivity contribution is 0.102. The van der Waals surface area contributed by atoms with Crippen LogP contribution < -0.4 is 5.32 Å². The van der Waals surface area contributed by atoms with Crippen LogP contribution in [0.15, 0.2) is 72.3 Å². The van der Waals surface area contributed by atoms with E-state index in [4.69, 9.17) is 11.6 Å². The molecule has 1 aliphatic carbocycles. The summed E-state index contributed by atoms with van der Waals surface area (Å²) in [4.78, 5) is 12.5. The van der Waals surface area contributed by atoms with Crippen LogP contribution in [0.1, 0.15) is 39.0 Å². The van der Waals surface area contributed by atoms with Gasteiger partial charge in [-0.1, -0.05) is 59.6 Å². The third-order valence-electron chi connectivity index (χ3n) is 5.22. The maximum Gasteiger partial charge on any atom is 0.255 e. The minimum Gasteiger partial charge on any atom is -0.322 e. The Labute approximate surface area is 170 Å². The van der Waals surface area contributed by atoms with Crippen LogP contribution in [0.25, 0.3) is 6.08 Å². The SMILES string of the molecule is Cc1ccccc1NC(=O)c1ccc(CC2=Cc3ccc(Cl)cc3CC2)cc1. The van der Waals surface area contributed by atoms with Crippen molar-refractivity contribution in [1.82, 2.24) is 0 Å². The monoisotopic (exact) mass is 387 g/mol. The highest BCUT2D eigenvalue weighted by molar-refractivity contribution is 6.30. The second-order valence-corrected chi connectivity index (χ2v) is 7.72. The predicted octanol–water partition coefficient (Wildman–Crippen LogP) is 6.47. The van der Waals surface area contributed by atoms with Gasteiger partial charge >= 0.3 is 0 Å². The van der Waals surface area contributed by atoms with Crippen molar-refractivity contribution in [2.45, 2.75) is 26.2 Å². The van der Waals surface area contributed by atoms with E-state index < -0.39 is 0 Å². The first-order valence-electron chi connectivity index (χ1n) is 9.52. The maximum absolute atomic E-state index is 12.5. The van der Waals surface area contributed by atoms with Crippen LogP contribution in [-0.4, -0.2) is 5.91 Å². The van der Waals surface area contributed by atoms with Gasteiger partial charge in [0.15, 0.2) is 0 Å². The number of carbonyl (C=O) groups excluding carboxylic acids is 1. The fourth-order valence-electron chi connectivity index (χ4n) is 3.60. The van der Waals surface area contributed by atoms with Crippen LogP contribution in [0.2, 0.25) is 5.02 Å². The number of anilines is 1. The van der Waals surface area contributed by atoms with Gasteiger partial charge in [-0.25, -0.2) is 0 Å². The van der Waals surface area contributed by atoms with E-state index in [2.05, 4.69) is 23.5 Å². The van der Waals surface area contributed by atoms with E-state index in [1.165, 1.54) is 22.3 Å². The molecule has 0 bridgehead atoms. The number of fused-ring (bicyclic) bond motifs is 1. The fraction of sp³-hybridized carbons (Fsp3) is 0.160. The second kappa shape index (κ2) is 8.04. The molecule has 2 nitrogen and oxygen atoms in total. The van der Waals surface area contributed by atoms with Gasteiger partial charge in [-0.15, -0.1) is 0 Å². The van der Waals surface area contributed by atoms with E-state index >= 15 is 0 Å². The van der Waals surface area contributed by atoms with Gasteiger partial charge in [0.05, 0.1) is 0 Å². The largest absolute Gasteiger partial charge is 0.322 e. The Morgan fingerprint density at radius 1 is 1.00 bits per heavy atom. The van der Waals surface area contributed by atoms with Crippen molar-refractivity contribution in [3.63, 3.8) is 0 Å². The number of halogens is 1. The summed E-state index contributed by atoms with van der Waals surface area (Å²) in [6.07, 6.45) is 5.25. The normalized spacial score (nSPS) is 12.9. The average Bonchev–Trinajstić information content (AvgIpc) is 2.70. The van der Waals surface area contributed by atoms with Gasteiger partial charge in [0.1, 0.15) is 0 Å². The van der Waals surface area contributed by atoms with Crippen molar-refractivity contribution in [2.75, 3.05) is 5.32 Å². The first kappa shape index (κ1) is 18.5. The second-order valence-electron chi connectivity index (χ2n) is 7.29. The number of allylic oxidation sites excluding steroid dienone is 1. The molecule has 140 valence electrons. The summed E-state index contributed by atoms with van der Waals surface area (Å²) in [7, 11) is 0. The van der Waals surface area contributed by atoms with Crippen LogP contribution in [-0.2, 0) is 12.8 Å². The maximum atomic E-state index is 12.5. The molecule has 28 heavy (non-hydrogen) atoms. The first-order chi connectivity index (χ1) is 13.6. The van der Waals surface area contributed by atoms with E-state index in [1.807, 2.05) is 61.5 Å². The highest BCUT2D eigenvalue weighted by Crippen LogP contribution is 2.28.